The molecule has 1 aromatic rings. The fourth-order valence-electron chi connectivity index (χ4n) is 4.69. The molecule has 0 heterocycles. The van der Waals surface area contributed by atoms with Crippen LogP contribution in [0.3, 0.4) is 0 Å². The van der Waals surface area contributed by atoms with Crippen molar-refractivity contribution in [1.82, 2.24) is 0 Å². The average molecular weight is 284 g/mol. The minimum Gasteiger partial charge on any atom is -0.0654 e. The lowest BCUT2D eigenvalue weighted by Gasteiger charge is -2.32. The van der Waals surface area contributed by atoms with Crippen molar-refractivity contribution in [3.63, 3.8) is 0 Å². The lowest BCUT2D eigenvalue weighted by molar-refractivity contribution is 0.235. The fraction of sp³-hybridized carbons (Fsp3) is 0.714. The summed E-state index contributed by atoms with van der Waals surface area (Å²) >= 11 is 0. The first-order valence-electron chi connectivity index (χ1n) is 9.45. The summed E-state index contributed by atoms with van der Waals surface area (Å²) in [5.74, 6) is 3.00. The van der Waals surface area contributed by atoms with Crippen LogP contribution < -0.4 is 0 Å². The summed E-state index contributed by atoms with van der Waals surface area (Å²) in [4.78, 5) is 0. The first-order chi connectivity index (χ1) is 10.4. The van der Waals surface area contributed by atoms with E-state index in [1.54, 1.807) is 5.56 Å². The highest BCUT2D eigenvalue weighted by Crippen LogP contribution is 2.43. The third kappa shape index (κ3) is 3.90. The Bertz CT molecular complexity index is 402. The molecule has 21 heavy (non-hydrogen) atoms. The molecular formula is C21H32. The Morgan fingerprint density at radius 3 is 2.05 bits per heavy atom. The van der Waals surface area contributed by atoms with E-state index in [4.69, 9.17) is 0 Å². The molecule has 0 aromatic heterocycles. The zero-order valence-corrected chi connectivity index (χ0v) is 13.8. The number of unbranched alkanes of at least 4 members (excludes halogenated alkanes) is 1. The summed E-state index contributed by atoms with van der Waals surface area (Å²) in [6, 6.07) is 9.61. The smallest absolute Gasteiger partial charge is 0.0162 e. The highest BCUT2D eigenvalue weighted by atomic mass is 14.3. The second-order valence-electron chi connectivity index (χ2n) is 7.50. The van der Waals surface area contributed by atoms with Crippen molar-refractivity contribution < 1.29 is 0 Å². The van der Waals surface area contributed by atoms with Crippen LogP contribution in [0.15, 0.2) is 24.3 Å². The summed E-state index contributed by atoms with van der Waals surface area (Å²) < 4.78 is 0. The summed E-state index contributed by atoms with van der Waals surface area (Å²) in [5.41, 5.74) is 3.14. The molecule has 0 saturated heterocycles. The van der Waals surface area contributed by atoms with Crippen LogP contribution in [-0.2, 0) is 6.42 Å². The Morgan fingerprint density at radius 1 is 0.810 bits per heavy atom. The molecule has 0 amide bonds. The molecule has 1 aromatic carbocycles. The van der Waals surface area contributed by atoms with E-state index in [0.717, 1.165) is 17.8 Å². The van der Waals surface area contributed by atoms with Gasteiger partial charge >= 0.3 is 0 Å². The van der Waals surface area contributed by atoms with Gasteiger partial charge in [0.25, 0.3) is 0 Å². The van der Waals surface area contributed by atoms with Gasteiger partial charge in [-0.3, -0.25) is 0 Å². The van der Waals surface area contributed by atoms with E-state index in [1.165, 1.54) is 76.2 Å². The summed E-state index contributed by atoms with van der Waals surface area (Å²) in [6.07, 6.45) is 15.8. The molecule has 0 N–H and O–H groups in total. The highest BCUT2D eigenvalue weighted by molar-refractivity contribution is 5.26. The first-order valence-corrected chi connectivity index (χ1v) is 9.45. The van der Waals surface area contributed by atoms with Crippen LogP contribution in [-0.4, -0.2) is 0 Å². The molecule has 2 aliphatic carbocycles. The third-order valence-electron chi connectivity index (χ3n) is 6.11. The van der Waals surface area contributed by atoms with E-state index in [2.05, 4.69) is 31.2 Å². The molecule has 0 atom stereocenters. The van der Waals surface area contributed by atoms with Crippen molar-refractivity contribution in [2.45, 2.75) is 83.5 Å². The number of aryl methyl sites for hydroxylation is 1. The maximum atomic E-state index is 2.42. The largest absolute Gasteiger partial charge is 0.0654 e. The number of hydrogen-bond acceptors (Lipinski definition) is 0. The summed E-state index contributed by atoms with van der Waals surface area (Å²) in [7, 11) is 0. The number of hydrogen-bond donors (Lipinski definition) is 0. The van der Waals surface area contributed by atoms with E-state index in [0.29, 0.717) is 0 Å². The molecule has 0 heteroatoms. The van der Waals surface area contributed by atoms with Crippen LogP contribution in [0.25, 0.3) is 0 Å². The first kappa shape index (κ1) is 15.1. The van der Waals surface area contributed by atoms with E-state index in [-0.39, 0.29) is 0 Å². The zero-order chi connectivity index (χ0) is 14.5. The van der Waals surface area contributed by atoms with E-state index in [9.17, 15) is 0 Å². The lowest BCUT2D eigenvalue weighted by Crippen LogP contribution is -2.19. The summed E-state index contributed by atoms with van der Waals surface area (Å²) in [5, 5.41) is 0. The predicted octanol–water partition coefficient (Wildman–Crippen LogP) is 6.49. The Kier molecular flexibility index (Phi) is 5.38. The van der Waals surface area contributed by atoms with Crippen LogP contribution in [0.1, 0.15) is 88.2 Å². The predicted molar refractivity (Wildman–Crippen MR) is 91.7 cm³/mol. The van der Waals surface area contributed by atoms with Crippen LogP contribution in [0.4, 0.5) is 0 Å². The van der Waals surface area contributed by atoms with Crippen LogP contribution in [0, 0.1) is 11.8 Å². The van der Waals surface area contributed by atoms with Crippen molar-refractivity contribution in [2.24, 2.45) is 11.8 Å². The third-order valence-corrected chi connectivity index (χ3v) is 6.11. The zero-order valence-electron chi connectivity index (χ0n) is 13.8. The van der Waals surface area contributed by atoms with Crippen LogP contribution >= 0.6 is 0 Å². The standard InChI is InChI=1S/C21H32/c1-2-3-6-17-9-11-19(12-10-17)21-15-13-20(14-16-21)18-7-4-5-8-18/h9-12,18,20-21H,2-8,13-16H2,1H3. The fourth-order valence-corrected chi connectivity index (χ4v) is 4.69. The maximum absolute atomic E-state index is 2.42. The van der Waals surface area contributed by atoms with E-state index < -0.39 is 0 Å². The molecule has 3 rings (SSSR count). The van der Waals surface area contributed by atoms with Gasteiger partial charge in [-0.2, -0.15) is 0 Å². The number of rotatable bonds is 5. The molecule has 0 aliphatic heterocycles. The average Bonchev–Trinajstić information content (AvgIpc) is 3.08. The molecule has 0 bridgehead atoms. The Balaban J connectivity index is 1.51. The van der Waals surface area contributed by atoms with Crippen molar-refractivity contribution >= 4 is 0 Å². The lowest BCUT2D eigenvalue weighted by atomic mass is 9.73. The van der Waals surface area contributed by atoms with Crippen LogP contribution in [0.5, 0.6) is 0 Å². The molecule has 2 saturated carbocycles. The highest BCUT2D eigenvalue weighted by Gasteiger charge is 2.29. The van der Waals surface area contributed by atoms with Crippen molar-refractivity contribution in [3.8, 4) is 0 Å². The molecule has 0 nitrogen and oxygen atoms in total. The van der Waals surface area contributed by atoms with E-state index >= 15 is 0 Å². The van der Waals surface area contributed by atoms with Crippen molar-refractivity contribution in [1.29, 1.82) is 0 Å². The van der Waals surface area contributed by atoms with Gasteiger partial charge in [-0.25, -0.2) is 0 Å². The van der Waals surface area contributed by atoms with Crippen LogP contribution in [0.2, 0.25) is 0 Å². The normalized spacial score (nSPS) is 27.1. The maximum Gasteiger partial charge on any atom is -0.0162 e. The minimum atomic E-state index is 0.850. The second kappa shape index (κ2) is 7.47. The van der Waals surface area contributed by atoms with Gasteiger partial charge in [-0.05, 0) is 67.4 Å². The minimum absolute atomic E-state index is 0.850. The molecule has 2 fully saturated rings. The number of benzene rings is 1. The molecule has 116 valence electrons. The monoisotopic (exact) mass is 284 g/mol. The Labute approximate surface area is 131 Å². The molecule has 0 unspecified atom stereocenters. The van der Waals surface area contributed by atoms with Gasteiger partial charge in [-0.15, -0.1) is 0 Å². The van der Waals surface area contributed by atoms with Crippen molar-refractivity contribution in [3.05, 3.63) is 35.4 Å². The van der Waals surface area contributed by atoms with Gasteiger partial charge in [0.05, 0.1) is 0 Å². The van der Waals surface area contributed by atoms with Gasteiger partial charge in [0.2, 0.25) is 0 Å². The van der Waals surface area contributed by atoms with Gasteiger partial charge in [0.1, 0.15) is 0 Å². The van der Waals surface area contributed by atoms with Gasteiger partial charge < -0.3 is 0 Å². The molecular weight excluding hydrogens is 252 g/mol. The van der Waals surface area contributed by atoms with Gasteiger partial charge in [0.15, 0.2) is 0 Å². The molecule has 0 radical (unpaired) electrons. The van der Waals surface area contributed by atoms with Gasteiger partial charge in [-0.1, -0.05) is 63.3 Å². The molecule has 2 aliphatic rings. The molecule has 0 spiro atoms. The topological polar surface area (TPSA) is 0 Å². The summed E-state index contributed by atoms with van der Waals surface area (Å²) in [6.45, 7) is 2.27. The SMILES string of the molecule is CCCCc1ccc(C2CCC(C3CCCC3)CC2)cc1. The Hall–Kier alpha value is -0.780. The Morgan fingerprint density at radius 2 is 1.43 bits per heavy atom. The van der Waals surface area contributed by atoms with Crippen molar-refractivity contribution in [2.75, 3.05) is 0 Å². The second-order valence-corrected chi connectivity index (χ2v) is 7.50. The quantitative estimate of drug-likeness (QED) is 0.579. The van der Waals surface area contributed by atoms with Gasteiger partial charge in [0, 0.05) is 0 Å². The van der Waals surface area contributed by atoms with E-state index in [1.807, 2.05) is 0 Å².